The molecule has 1 atom stereocenters. The Bertz CT molecular complexity index is 973. The van der Waals surface area contributed by atoms with Gasteiger partial charge in [-0.3, -0.25) is 10.1 Å². The third-order valence-corrected chi connectivity index (χ3v) is 5.04. The molecule has 0 saturated carbocycles. The van der Waals surface area contributed by atoms with Crippen molar-refractivity contribution in [3.63, 3.8) is 0 Å². The van der Waals surface area contributed by atoms with Crippen LogP contribution in [0.4, 0.5) is 4.39 Å². The van der Waals surface area contributed by atoms with Crippen LogP contribution in [0.3, 0.4) is 0 Å². The van der Waals surface area contributed by atoms with Gasteiger partial charge in [0.15, 0.2) is 0 Å². The second-order valence-electron chi connectivity index (χ2n) is 7.05. The molecule has 4 nitrogen and oxygen atoms in total. The molecule has 0 heterocycles. The van der Waals surface area contributed by atoms with E-state index in [4.69, 9.17) is 4.74 Å². The van der Waals surface area contributed by atoms with Crippen LogP contribution in [0.1, 0.15) is 35.2 Å². The zero-order chi connectivity index (χ0) is 21.3. The summed E-state index contributed by atoms with van der Waals surface area (Å²) in [5, 5.41) is 6.18. The fraction of sp³-hybridized carbons (Fsp3) is 0.240. The van der Waals surface area contributed by atoms with Gasteiger partial charge in [0, 0.05) is 12.1 Å². The molecule has 0 aliphatic rings. The van der Waals surface area contributed by atoms with Crippen molar-refractivity contribution in [1.82, 2.24) is 10.6 Å². The summed E-state index contributed by atoms with van der Waals surface area (Å²) in [7, 11) is 1.61. The highest BCUT2D eigenvalue weighted by atomic mass is 19.1. The molecular weight excluding hydrogens is 379 g/mol. The molecule has 0 aromatic heterocycles. The highest BCUT2D eigenvalue weighted by Crippen LogP contribution is 2.23. The topological polar surface area (TPSA) is 50.4 Å². The van der Waals surface area contributed by atoms with E-state index in [-0.39, 0.29) is 24.3 Å². The van der Waals surface area contributed by atoms with Crippen molar-refractivity contribution in [2.45, 2.75) is 25.9 Å². The van der Waals surface area contributed by atoms with Gasteiger partial charge < -0.3 is 10.1 Å². The normalized spacial score (nSPS) is 11.7. The number of ether oxygens (including phenoxy) is 1. The molecule has 0 fully saturated rings. The number of methoxy groups -OCH3 is 1. The standard InChI is InChI=1S/C25H27FN2O2/c1-3-18-11-13-19(14-12-18)25(20-8-6-9-22(26)15-20)28-17-24(29)27-16-21-7-4-5-10-23(21)30-2/h4-15,25,28H,3,16-17H2,1-2H3,(H,27,29)/t25-/m0/s1. The van der Waals surface area contributed by atoms with Gasteiger partial charge in [-0.05, 0) is 41.3 Å². The average Bonchev–Trinajstić information content (AvgIpc) is 2.78. The molecule has 0 radical (unpaired) electrons. The average molecular weight is 407 g/mol. The number of nitrogens with one attached hydrogen (secondary N) is 2. The Balaban J connectivity index is 1.69. The Kier molecular flexibility index (Phi) is 7.57. The van der Waals surface area contributed by atoms with E-state index in [2.05, 4.69) is 29.7 Å². The molecule has 3 aromatic carbocycles. The van der Waals surface area contributed by atoms with Gasteiger partial charge in [0.25, 0.3) is 0 Å². The summed E-state index contributed by atoms with van der Waals surface area (Å²) >= 11 is 0. The van der Waals surface area contributed by atoms with E-state index >= 15 is 0 Å². The molecule has 5 heteroatoms. The number of rotatable bonds is 9. The van der Waals surface area contributed by atoms with E-state index in [1.54, 1.807) is 13.2 Å². The molecule has 0 bridgehead atoms. The number of halogens is 1. The molecule has 2 N–H and O–H groups in total. The summed E-state index contributed by atoms with van der Waals surface area (Å²) < 4.78 is 19.1. The number of aryl methyl sites for hydroxylation is 1. The van der Waals surface area contributed by atoms with Crippen LogP contribution in [-0.4, -0.2) is 19.6 Å². The lowest BCUT2D eigenvalue weighted by atomic mass is 9.97. The first-order chi connectivity index (χ1) is 14.6. The van der Waals surface area contributed by atoms with Crippen LogP contribution in [-0.2, 0) is 17.8 Å². The zero-order valence-electron chi connectivity index (χ0n) is 17.3. The monoisotopic (exact) mass is 406 g/mol. The molecule has 3 rings (SSSR count). The van der Waals surface area contributed by atoms with Crippen molar-refractivity contribution >= 4 is 5.91 Å². The molecule has 3 aromatic rings. The lowest BCUT2D eigenvalue weighted by molar-refractivity contribution is -0.120. The van der Waals surface area contributed by atoms with E-state index in [0.29, 0.717) is 6.54 Å². The van der Waals surface area contributed by atoms with Crippen LogP contribution >= 0.6 is 0 Å². The van der Waals surface area contributed by atoms with Crippen LogP contribution in [0, 0.1) is 5.82 Å². The van der Waals surface area contributed by atoms with E-state index in [1.165, 1.54) is 17.7 Å². The summed E-state index contributed by atoms with van der Waals surface area (Å²) in [4.78, 5) is 12.5. The van der Waals surface area contributed by atoms with Gasteiger partial charge in [-0.25, -0.2) is 4.39 Å². The first-order valence-corrected chi connectivity index (χ1v) is 10.1. The Hall–Kier alpha value is -3.18. The summed E-state index contributed by atoms with van der Waals surface area (Å²) in [6, 6.07) is 21.9. The number of hydrogen-bond donors (Lipinski definition) is 2. The number of benzene rings is 3. The molecule has 0 spiro atoms. The van der Waals surface area contributed by atoms with Crippen LogP contribution in [0.2, 0.25) is 0 Å². The number of carbonyl (C=O) groups is 1. The molecule has 0 saturated heterocycles. The predicted octanol–water partition coefficient (Wildman–Crippen LogP) is 4.39. The van der Waals surface area contributed by atoms with Crippen molar-refractivity contribution in [3.05, 3.63) is 101 Å². The smallest absolute Gasteiger partial charge is 0.234 e. The van der Waals surface area contributed by atoms with Crippen LogP contribution in [0.25, 0.3) is 0 Å². The SMILES string of the molecule is CCc1ccc([C@H](NCC(=O)NCc2ccccc2OC)c2cccc(F)c2)cc1. The fourth-order valence-corrected chi connectivity index (χ4v) is 3.36. The third-order valence-electron chi connectivity index (χ3n) is 5.04. The van der Waals surface area contributed by atoms with Crippen molar-refractivity contribution in [2.75, 3.05) is 13.7 Å². The van der Waals surface area contributed by atoms with Gasteiger partial charge >= 0.3 is 0 Å². The minimum absolute atomic E-state index is 0.103. The van der Waals surface area contributed by atoms with Gasteiger partial charge in [0.1, 0.15) is 11.6 Å². The molecule has 0 aliphatic heterocycles. The number of hydrogen-bond acceptors (Lipinski definition) is 3. The van der Waals surface area contributed by atoms with Gasteiger partial charge in [-0.2, -0.15) is 0 Å². The highest BCUT2D eigenvalue weighted by Gasteiger charge is 2.16. The zero-order valence-corrected chi connectivity index (χ0v) is 17.3. The van der Waals surface area contributed by atoms with E-state index in [9.17, 15) is 9.18 Å². The van der Waals surface area contributed by atoms with E-state index in [0.717, 1.165) is 28.9 Å². The van der Waals surface area contributed by atoms with Gasteiger partial charge in [0.2, 0.25) is 5.91 Å². The molecular formula is C25H27FN2O2. The molecule has 156 valence electrons. The lowest BCUT2D eigenvalue weighted by Gasteiger charge is -2.20. The molecule has 0 aliphatic carbocycles. The van der Waals surface area contributed by atoms with Gasteiger partial charge in [-0.1, -0.05) is 61.5 Å². The number of carbonyl (C=O) groups excluding carboxylic acids is 1. The van der Waals surface area contributed by atoms with Crippen LogP contribution < -0.4 is 15.4 Å². The summed E-state index contributed by atoms with van der Waals surface area (Å²) in [5.74, 6) is 0.289. The predicted molar refractivity (Wildman–Crippen MR) is 117 cm³/mol. The van der Waals surface area contributed by atoms with Crippen LogP contribution in [0.15, 0.2) is 72.8 Å². The highest BCUT2D eigenvalue weighted by molar-refractivity contribution is 5.78. The third kappa shape index (κ3) is 5.67. The maximum atomic E-state index is 13.8. The van der Waals surface area contributed by atoms with E-state index < -0.39 is 0 Å². The Morgan fingerprint density at radius 2 is 1.77 bits per heavy atom. The van der Waals surface area contributed by atoms with Crippen molar-refractivity contribution in [1.29, 1.82) is 0 Å². The van der Waals surface area contributed by atoms with Gasteiger partial charge in [-0.15, -0.1) is 0 Å². The quantitative estimate of drug-likeness (QED) is 0.554. The maximum absolute atomic E-state index is 13.8. The second-order valence-corrected chi connectivity index (χ2v) is 7.05. The number of amides is 1. The first kappa shape index (κ1) is 21.5. The summed E-state index contributed by atoms with van der Waals surface area (Å²) in [5.41, 5.74) is 3.89. The van der Waals surface area contributed by atoms with Crippen molar-refractivity contribution < 1.29 is 13.9 Å². The van der Waals surface area contributed by atoms with Crippen molar-refractivity contribution in [2.24, 2.45) is 0 Å². The number of para-hydroxylation sites is 1. The summed E-state index contributed by atoms with van der Waals surface area (Å²) in [6.45, 7) is 2.58. The van der Waals surface area contributed by atoms with E-state index in [1.807, 2.05) is 42.5 Å². The van der Waals surface area contributed by atoms with Crippen LogP contribution in [0.5, 0.6) is 5.75 Å². The molecule has 1 amide bonds. The Morgan fingerprint density at radius 1 is 1.00 bits per heavy atom. The molecule has 30 heavy (non-hydrogen) atoms. The maximum Gasteiger partial charge on any atom is 0.234 e. The molecule has 0 unspecified atom stereocenters. The van der Waals surface area contributed by atoms with Gasteiger partial charge in [0.05, 0.1) is 19.7 Å². The van der Waals surface area contributed by atoms with Crippen molar-refractivity contribution in [3.8, 4) is 5.75 Å². The Labute approximate surface area is 177 Å². The Morgan fingerprint density at radius 3 is 2.47 bits per heavy atom. The summed E-state index contributed by atoms with van der Waals surface area (Å²) in [6.07, 6.45) is 0.948. The fourth-order valence-electron chi connectivity index (χ4n) is 3.36. The largest absolute Gasteiger partial charge is 0.496 e. The first-order valence-electron chi connectivity index (χ1n) is 10.1. The minimum atomic E-state index is -0.301. The lowest BCUT2D eigenvalue weighted by Crippen LogP contribution is -2.36. The second kappa shape index (κ2) is 10.6. The minimum Gasteiger partial charge on any atom is -0.496 e.